The molecule has 2 aromatic rings. The Labute approximate surface area is 152 Å². The van der Waals surface area contributed by atoms with Crippen LogP contribution in [-0.4, -0.2) is 30.2 Å². The summed E-state index contributed by atoms with van der Waals surface area (Å²) in [5.41, 5.74) is 6.25. The largest absolute Gasteiger partial charge is 0.491 e. The minimum Gasteiger partial charge on any atom is -0.491 e. The van der Waals surface area contributed by atoms with Crippen LogP contribution in [-0.2, 0) is 11.3 Å². The number of nitrogens with zero attached hydrogens (tertiary/aromatic N) is 1. The third kappa shape index (κ3) is 5.45. The van der Waals surface area contributed by atoms with Crippen LogP contribution in [0.5, 0.6) is 5.75 Å². The Hall–Kier alpha value is -2.09. The molecule has 1 amide bonds. The fraction of sp³-hybridized carbons (Fsp3) is 0.412. The molecule has 25 heavy (non-hydrogen) atoms. The zero-order valence-corrected chi connectivity index (χ0v) is 14.6. The molecule has 136 valence electrons. The van der Waals surface area contributed by atoms with Crippen LogP contribution in [0.15, 0.2) is 34.9 Å². The van der Waals surface area contributed by atoms with Crippen molar-refractivity contribution in [3.63, 3.8) is 0 Å². The second-order valence-corrected chi connectivity index (χ2v) is 5.61. The van der Waals surface area contributed by atoms with Crippen molar-refractivity contribution in [2.24, 2.45) is 5.73 Å². The lowest BCUT2D eigenvalue weighted by Crippen LogP contribution is -2.25. The van der Waals surface area contributed by atoms with E-state index >= 15 is 0 Å². The van der Waals surface area contributed by atoms with Gasteiger partial charge in [-0.1, -0.05) is 0 Å². The number of rotatable bonds is 6. The maximum absolute atomic E-state index is 12.0. The van der Waals surface area contributed by atoms with Crippen LogP contribution in [0.4, 0.5) is 5.69 Å². The topological polar surface area (TPSA) is 99.6 Å². The Morgan fingerprint density at radius 3 is 2.76 bits per heavy atom. The molecule has 0 radical (unpaired) electrons. The molecular formula is C17H22ClN3O4. The first-order chi connectivity index (χ1) is 11.7. The highest BCUT2D eigenvalue weighted by atomic mass is 35.5. The summed E-state index contributed by atoms with van der Waals surface area (Å²) < 4.78 is 16.4. The summed E-state index contributed by atoms with van der Waals surface area (Å²) in [5, 5.41) is 2.75. The molecule has 0 bridgehead atoms. The van der Waals surface area contributed by atoms with Crippen LogP contribution in [0, 0.1) is 0 Å². The molecule has 1 fully saturated rings. The molecule has 7 nitrogen and oxygen atoms in total. The highest BCUT2D eigenvalue weighted by Crippen LogP contribution is 2.19. The average Bonchev–Trinajstić information content (AvgIpc) is 3.11. The lowest BCUT2D eigenvalue weighted by atomic mass is 10.1. The van der Waals surface area contributed by atoms with Crippen molar-refractivity contribution < 1.29 is 18.7 Å². The first-order valence-corrected chi connectivity index (χ1v) is 8.05. The molecule has 1 aromatic carbocycles. The molecule has 1 aliphatic rings. The SMILES string of the molecule is Cl.NCc1nc(C(=O)Nc2ccc(OCC3CCCCO3)cc2)co1. The quantitative estimate of drug-likeness (QED) is 0.814. The standard InChI is InChI=1S/C17H21N3O4.ClH/c18-9-16-20-15(11-24-16)17(21)19-12-4-6-13(7-5-12)23-10-14-3-1-2-8-22-14;/h4-7,11,14H,1-3,8-10,18H2,(H,19,21);1H. The van der Waals surface area contributed by atoms with E-state index in [1.54, 1.807) is 12.1 Å². The minimum atomic E-state index is -0.345. The van der Waals surface area contributed by atoms with Gasteiger partial charge in [-0.3, -0.25) is 4.79 Å². The van der Waals surface area contributed by atoms with E-state index in [0.29, 0.717) is 18.2 Å². The second kappa shape index (κ2) is 9.41. The summed E-state index contributed by atoms with van der Waals surface area (Å²) in [7, 11) is 0. The Morgan fingerprint density at radius 1 is 1.32 bits per heavy atom. The highest BCUT2D eigenvalue weighted by molar-refractivity contribution is 6.02. The van der Waals surface area contributed by atoms with Crippen LogP contribution in [0.3, 0.4) is 0 Å². The fourth-order valence-electron chi connectivity index (χ4n) is 2.47. The Morgan fingerprint density at radius 2 is 2.12 bits per heavy atom. The number of hydrogen-bond acceptors (Lipinski definition) is 6. The molecule has 0 spiro atoms. The molecule has 1 saturated heterocycles. The van der Waals surface area contributed by atoms with Gasteiger partial charge in [0.25, 0.3) is 5.91 Å². The summed E-state index contributed by atoms with van der Waals surface area (Å²) in [4.78, 5) is 16.0. The molecule has 1 unspecified atom stereocenters. The smallest absolute Gasteiger partial charge is 0.277 e. The minimum absolute atomic E-state index is 0. The number of anilines is 1. The predicted molar refractivity (Wildman–Crippen MR) is 95.1 cm³/mol. The highest BCUT2D eigenvalue weighted by Gasteiger charge is 2.15. The van der Waals surface area contributed by atoms with Crippen molar-refractivity contribution in [1.82, 2.24) is 4.98 Å². The number of carbonyl (C=O) groups excluding carboxylic acids is 1. The lowest BCUT2D eigenvalue weighted by molar-refractivity contribution is -0.0110. The van der Waals surface area contributed by atoms with Crippen molar-refractivity contribution in [3.05, 3.63) is 42.1 Å². The van der Waals surface area contributed by atoms with Crippen molar-refractivity contribution in [2.45, 2.75) is 31.9 Å². The van der Waals surface area contributed by atoms with E-state index in [1.807, 2.05) is 12.1 Å². The van der Waals surface area contributed by atoms with Gasteiger partial charge in [0.2, 0.25) is 5.89 Å². The van der Waals surface area contributed by atoms with E-state index in [1.165, 1.54) is 12.7 Å². The molecule has 3 N–H and O–H groups in total. The number of halogens is 1. The van der Waals surface area contributed by atoms with Crippen LogP contribution in [0.1, 0.15) is 35.6 Å². The fourth-order valence-corrected chi connectivity index (χ4v) is 2.47. The summed E-state index contributed by atoms with van der Waals surface area (Å²) in [6, 6.07) is 7.18. The van der Waals surface area contributed by atoms with Crippen LogP contribution < -0.4 is 15.8 Å². The number of amides is 1. The first kappa shape index (κ1) is 19.2. The van der Waals surface area contributed by atoms with E-state index in [2.05, 4.69) is 10.3 Å². The number of hydrogen-bond donors (Lipinski definition) is 2. The molecule has 8 heteroatoms. The Balaban J connectivity index is 0.00000225. The average molecular weight is 368 g/mol. The maximum atomic E-state index is 12.0. The van der Waals surface area contributed by atoms with E-state index in [4.69, 9.17) is 19.6 Å². The predicted octanol–water partition coefficient (Wildman–Crippen LogP) is 2.76. The van der Waals surface area contributed by atoms with Crippen molar-refractivity contribution in [2.75, 3.05) is 18.5 Å². The normalized spacial score (nSPS) is 16.8. The maximum Gasteiger partial charge on any atom is 0.277 e. The molecular weight excluding hydrogens is 346 g/mol. The summed E-state index contributed by atoms with van der Waals surface area (Å²) >= 11 is 0. The summed E-state index contributed by atoms with van der Waals surface area (Å²) in [5.74, 6) is 0.727. The van der Waals surface area contributed by atoms with Gasteiger partial charge in [-0.2, -0.15) is 0 Å². The zero-order chi connectivity index (χ0) is 16.8. The molecule has 1 aromatic heterocycles. The molecule has 0 saturated carbocycles. The molecule has 1 atom stereocenters. The van der Waals surface area contributed by atoms with Crippen LogP contribution in [0.2, 0.25) is 0 Å². The van der Waals surface area contributed by atoms with Gasteiger partial charge in [0, 0.05) is 12.3 Å². The number of benzene rings is 1. The summed E-state index contributed by atoms with van der Waals surface area (Å²) in [6.07, 6.45) is 4.81. The zero-order valence-electron chi connectivity index (χ0n) is 13.8. The van der Waals surface area contributed by atoms with Gasteiger partial charge >= 0.3 is 0 Å². The van der Waals surface area contributed by atoms with Crippen LogP contribution >= 0.6 is 12.4 Å². The van der Waals surface area contributed by atoms with E-state index in [9.17, 15) is 4.79 Å². The Kier molecular flexibility index (Phi) is 7.24. The third-order valence-electron chi connectivity index (χ3n) is 3.78. The second-order valence-electron chi connectivity index (χ2n) is 5.61. The van der Waals surface area contributed by atoms with Crippen LogP contribution in [0.25, 0.3) is 0 Å². The number of aromatic nitrogens is 1. The molecule has 2 heterocycles. The lowest BCUT2D eigenvalue weighted by Gasteiger charge is -2.22. The third-order valence-corrected chi connectivity index (χ3v) is 3.78. The number of nitrogens with two attached hydrogens (primary N) is 1. The number of oxazole rings is 1. The van der Waals surface area contributed by atoms with Gasteiger partial charge in [-0.05, 0) is 43.5 Å². The van der Waals surface area contributed by atoms with E-state index < -0.39 is 0 Å². The van der Waals surface area contributed by atoms with Gasteiger partial charge in [0.05, 0.1) is 12.6 Å². The number of nitrogens with one attached hydrogen (secondary N) is 1. The van der Waals surface area contributed by atoms with Crippen molar-refractivity contribution in [1.29, 1.82) is 0 Å². The molecule has 1 aliphatic heterocycles. The van der Waals surface area contributed by atoms with Gasteiger partial charge in [-0.15, -0.1) is 12.4 Å². The number of ether oxygens (including phenoxy) is 2. The van der Waals surface area contributed by atoms with Gasteiger partial charge in [-0.25, -0.2) is 4.98 Å². The van der Waals surface area contributed by atoms with Gasteiger partial charge in [0.15, 0.2) is 5.69 Å². The van der Waals surface area contributed by atoms with E-state index in [0.717, 1.165) is 25.2 Å². The van der Waals surface area contributed by atoms with Crippen molar-refractivity contribution >= 4 is 24.0 Å². The number of carbonyl (C=O) groups is 1. The first-order valence-electron chi connectivity index (χ1n) is 8.05. The van der Waals surface area contributed by atoms with Crippen molar-refractivity contribution in [3.8, 4) is 5.75 Å². The van der Waals surface area contributed by atoms with Gasteiger partial charge in [0.1, 0.15) is 18.6 Å². The summed E-state index contributed by atoms with van der Waals surface area (Å²) in [6.45, 7) is 1.52. The molecule has 3 rings (SSSR count). The Bertz CT molecular complexity index is 669. The van der Waals surface area contributed by atoms with E-state index in [-0.39, 0.29) is 36.7 Å². The van der Waals surface area contributed by atoms with Gasteiger partial charge < -0.3 is 24.9 Å². The molecule has 0 aliphatic carbocycles. The monoisotopic (exact) mass is 367 g/mol.